The monoisotopic (exact) mass is 1730 g/mol. The van der Waals surface area contributed by atoms with Gasteiger partial charge in [0, 0.05) is 123 Å². The number of halogens is 13. The molecule has 11 aromatic rings. The number of rotatable bonds is 12. The predicted octanol–water partition coefficient (Wildman–Crippen LogP) is 2.49. The number of benzene rings is 3. The van der Waals surface area contributed by atoms with E-state index in [1.165, 1.54) is 62.6 Å². The topological polar surface area (TPSA) is 81.9 Å². The Balaban J connectivity index is -0.000000552. The summed E-state index contributed by atoms with van der Waals surface area (Å²) in [5.74, 6) is 0.581. The highest BCUT2D eigenvalue weighted by atomic mass is 127. The van der Waals surface area contributed by atoms with Crippen molar-refractivity contribution in [2.75, 3.05) is 4.93 Å². The first-order valence-electron chi connectivity index (χ1n) is 29.8. The molecule has 9 nitrogen and oxygen atoms in total. The van der Waals surface area contributed by atoms with Crippen LogP contribution in [-0.2, 0) is 40.1 Å². The zero-order valence-corrected chi connectivity index (χ0v) is 63.7. The number of pyridine rings is 8. The summed E-state index contributed by atoms with van der Waals surface area (Å²) >= 11 is 7.75. The predicted molar refractivity (Wildman–Crippen MR) is 383 cm³/mol. The van der Waals surface area contributed by atoms with Crippen LogP contribution in [0.1, 0.15) is 55.5 Å². The third-order valence-electron chi connectivity index (χ3n) is 12.6. The molecule has 0 aliphatic rings. The number of nitrogens with zero attached hydrogens (tertiary/aromatic N) is 9. The second kappa shape index (κ2) is 59.9. The Kier molecular flexibility index (Phi) is 57.6. The average Bonchev–Trinajstić information content (AvgIpc) is 0.876. The van der Waals surface area contributed by atoms with Crippen LogP contribution in [0.4, 0.5) is 25.9 Å². The molecule has 0 saturated carbocycles. The Bertz CT molecular complexity index is 3660. The molecule has 0 bridgehead atoms. The highest BCUT2D eigenvalue weighted by Crippen LogP contribution is 2.19. The van der Waals surface area contributed by atoms with Crippen LogP contribution in [-0.4, -0.2) is 35.0 Å². The normalized spacial score (nSPS) is 8.92. The standard InChI is InChI=1S/2C20H20N2.C11H11N2.C10H8N2.C9H9Cl.C2H3N.C2H6.CH3I.2BF3.ClH.2FH.2HI/c2*1-3-17-4-6-18(7-5-17)16-22-14-10-20(11-15-22)19-8-12-21(2)13-9-19;1-13-8-4-11(5-9-13)10-2-6-12-7-3-10;1-5-11-6-2-9(1)10-3-7-12-8-4-10;1-2-8-3-5-9(7-10)6-4-8;1-2-3;2*1-2;2*2-1(3)4;;;;;/h2*3-15H,1,16H2,2H3;2-9H,1H3;1-8H;2-6H,1,7H2;1H3;1-2H3;1H3;;;5*1H/q2*+2;+1;;;;;;;;;;;;/p-5/i;;;;;;1D;;;;;;;;. The van der Waals surface area contributed by atoms with E-state index in [0.717, 1.165) is 35.3 Å². The highest BCUT2D eigenvalue weighted by molar-refractivity contribution is 14.1. The zero-order valence-electron chi connectivity index (χ0n) is 56.7. The number of aryl methyl sites for hydroxylation is 3. The van der Waals surface area contributed by atoms with Gasteiger partial charge in [0.05, 0.1) is 6.07 Å². The fourth-order valence-electron chi connectivity index (χ4n) is 7.91. The lowest BCUT2D eigenvalue weighted by Crippen LogP contribution is -3.00. The maximum absolute atomic E-state index is 9.67. The zero-order chi connectivity index (χ0) is 70.0. The number of hydrogen-bond acceptors (Lipinski definition) is 4. The fraction of sp³-hybridized carbons (Fsp3) is 0.133. The van der Waals surface area contributed by atoms with Crippen molar-refractivity contribution in [1.29, 1.82) is 5.26 Å². The molecule has 0 N–H and O–H groups in total. The van der Waals surface area contributed by atoms with Gasteiger partial charge in [-0.1, -0.05) is 147 Å². The molecule has 0 saturated heterocycles. The molecule has 99 heavy (non-hydrogen) atoms. The van der Waals surface area contributed by atoms with Crippen molar-refractivity contribution >= 4 is 67.5 Å². The molecule has 0 atom stereocenters. The molecule has 8 aromatic heterocycles. The molecule has 0 aliphatic heterocycles. The third kappa shape index (κ3) is 42.5. The van der Waals surface area contributed by atoms with Crippen LogP contribution in [0.25, 0.3) is 62.7 Å². The summed E-state index contributed by atoms with van der Waals surface area (Å²) in [6.07, 6.45) is 37.2. The second-order valence-electron chi connectivity index (χ2n) is 19.2. The first kappa shape index (κ1) is 95.1. The van der Waals surface area contributed by atoms with E-state index in [4.69, 9.17) is 18.2 Å². The molecular formula is C75H80B2Cl2F8I3N9. The summed E-state index contributed by atoms with van der Waals surface area (Å²) in [6.45, 7) is 16.7. The Morgan fingerprint density at radius 1 is 0.424 bits per heavy atom. The van der Waals surface area contributed by atoms with Crippen LogP contribution in [0.3, 0.4) is 0 Å². The van der Waals surface area contributed by atoms with Crippen LogP contribution in [0, 0.1) is 11.3 Å². The van der Waals surface area contributed by atoms with E-state index >= 15 is 0 Å². The van der Waals surface area contributed by atoms with E-state index in [-0.39, 0.29) is 69.8 Å². The Morgan fingerprint density at radius 2 is 0.596 bits per heavy atom. The van der Waals surface area contributed by atoms with E-state index in [2.05, 4.69) is 225 Å². The van der Waals surface area contributed by atoms with Crippen LogP contribution in [0.2, 0.25) is 0 Å². The minimum atomic E-state index is -3.67. The lowest BCUT2D eigenvalue weighted by Gasteiger charge is -2.01. The molecule has 0 radical (unpaired) electrons. The highest BCUT2D eigenvalue weighted by Gasteiger charge is 2.09. The van der Waals surface area contributed by atoms with Gasteiger partial charge in [0.2, 0.25) is 0 Å². The quantitative estimate of drug-likeness (QED) is 0.0620. The molecule has 522 valence electrons. The van der Waals surface area contributed by atoms with Gasteiger partial charge < -0.3 is 69.8 Å². The van der Waals surface area contributed by atoms with Crippen molar-refractivity contribution in [3.05, 3.63) is 322 Å². The molecule has 0 spiro atoms. The van der Waals surface area contributed by atoms with Crippen molar-refractivity contribution < 1.29 is 120 Å². The largest absolute Gasteiger partial charge is 1.00 e. The van der Waals surface area contributed by atoms with Gasteiger partial charge in [0.1, 0.15) is 21.1 Å². The van der Waals surface area contributed by atoms with Crippen LogP contribution in [0.15, 0.2) is 289 Å². The molecule has 0 unspecified atom stereocenters. The lowest BCUT2D eigenvalue weighted by atomic mass is 10.1. The number of nitriles is 1. The minimum Gasteiger partial charge on any atom is -1.00 e. The van der Waals surface area contributed by atoms with Gasteiger partial charge >= 0.3 is 15.1 Å². The van der Waals surface area contributed by atoms with Crippen LogP contribution < -0.4 is 92.6 Å². The third-order valence-corrected chi connectivity index (χ3v) is 12.9. The Hall–Kier alpha value is -8.09. The Labute approximate surface area is 640 Å². The van der Waals surface area contributed by atoms with Gasteiger partial charge in [-0.15, -0.1) is 11.6 Å². The number of alkyl halides is 2. The molecule has 3 aromatic carbocycles. The van der Waals surface area contributed by atoms with Gasteiger partial charge in [0.15, 0.2) is 75.1 Å². The molecule has 11 rings (SSSR count). The van der Waals surface area contributed by atoms with Gasteiger partial charge in [-0.2, -0.15) is 5.26 Å². The average molecular weight is 1730 g/mol. The molecular weight excluding hydrogens is 1650 g/mol. The maximum atomic E-state index is 9.67. The molecule has 0 fully saturated rings. The van der Waals surface area contributed by atoms with Crippen molar-refractivity contribution in [2.24, 2.45) is 21.1 Å². The molecule has 0 aliphatic carbocycles. The fourth-order valence-corrected chi connectivity index (χ4v) is 8.08. The van der Waals surface area contributed by atoms with Gasteiger partial charge in [-0.3, -0.25) is 40.8 Å². The number of aromatic nitrogens is 8. The van der Waals surface area contributed by atoms with Crippen molar-refractivity contribution in [2.45, 2.75) is 39.7 Å². The van der Waals surface area contributed by atoms with E-state index in [1.807, 2.05) is 143 Å². The molecule has 24 heteroatoms. The van der Waals surface area contributed by atoms with Gasteiger partial charge in [-0.25, -0.2) is 22.8 Å². The SMILES string of the molecule is C=Cc1ccc(CCl)cc1.C=Cc1ccc(C[n+]2ccc(-c3cc[n+](C)cc3)cc2)cc1.C=Cc1ccc(C[n+]2ccc(-c3cc[n+](C)cc3)cc2)cc1.CC#N.CI.C[n+]1ccc(-c2ccncc2)cc1.FB(F)F.FB(F)F.[2H]CC.[Cl-].[F-].[F-].[I-].[I-].c1cc(-c2ccncc2)ccn1. The van der Waals surface area contributed by atoms with Crippen molar-refractivity contribution in [1.82, 2.24) is 15.0 Å². The smallest absolute Gasteiger partial charge is 0.762 e. The maximum Gasteiger partial charge on any atom is 0.762 e. The number of hydrogen-bond donors (Lipinski definition) is 0. The van der Waals surface area contributed by atoms with E-state index in [1.54, 1.807) is 37.8 Å². The van der Waals surface area contributed by atoms with Crippen LogP contribution in [0.5, 0.6) is 0 Å². The molecule has 0 amide bonds. The summed E-state index contributed by atoms with van der Waals surface area (Å²) in [5.41, 5.74) is 16.9. The minimum absolute atomic E-state index is 0. The molecule has 8 heterocycles. The van der Waals surface area contributed by atoms with E-state index in [9.17, 15) is 25.9 Å². The van der Waals surface area contributed by atoms with Crippen LogP contribution >= 0.6 is 34.2 Å². The first-order valence-corrected chi connectivity index (χ1v) is 31.8. The summed E-state index contributed by atoms with van der Waals surface area (Å²) < 4.78 is 74.7. The van der Waals surface area contributed by atoms with Crippen molar-refractivity contribution in [3.8, 4) is 50.6 Å². The first-order chi connectivity index (χ1) is 46.0. The second-order valence-corrected chi connectivity index (χ2v) is 19.4. The lowest BCUT2D eigenvalue weighted by molar-refractivity contribution is -0.688. The van der Waals surface area contributed by atoms with E-state index < -0.39 is 15.1 Å². The summed E-state index contributed by atoms with van der Waals surface area (Å²) in [4.78, 5) is 13.9. The van der Waals surface area contributed by atoms with Gasteiger partial charge in [0.25, 0.3) is 0 Å². The Morgan fingerprint density at radius 3 is 0.778 bits per heavy atom. The van der Waals surface area contributed by atoms with E-state index in [0.29, 0.717) is 12.8 Å². The van der Waals surface area contributed by atoms with Crippen molar-refractivity contribution in [3.63, 3.8) is 0 Å². The summed E-state index contributed by atoms with van der Waals surface area (Å²) in [7, 11) is -1.27. The summed E-state index contributed by atoms with van der Waals surface area (Å²) in [5, 5.41) is 7.32. The summed E-state index contributed by atoms with van der Waals surface area (Å²) in [6, 6.07) is 60.1. The van der Waals surface area contributed by atoms with Gasteiger partial charge in [-0.05, 0) is 108 Å².